The van der Waals surface area contributed by atoms with Crippen molar-refractivity contribution in [2.24, 2.45) is 4.99 Å². The lowest BCUT2D eigenvalue weighted by molar-refractivity contribution is -0.181. The molecule has 1 aliphatic rings. The minimum atomic E-state index is -4.19. The number of guanidine groups is 1. The predicted octanol–water partition coefficient (Wildman–Crippen LogP) is 1.94. The summed E-state index contributed by atoms with van der Waals surface area (Å²) in [6.07, 6.45) is -4.19. The lowest BCUT2D eigenvalue weighted by Crippen LogP contribution is -2.56. The van der Waals surface area contributed by atoms with Gasteiger partial charge in [0.25, 0.3) is 0 Å². The van der Waals surface area contributed by atoms with Crippen molar-refractivity contribution in [3.05, 3.63) is 17.3 Å². The Bertz CT molecular complexity index is 557. The molecule has 1 N–H and O–H groups in total. The second-order valence-electron chi connectivity index (χ2n) is 5.89. The van der Waals surface area contributed by atoms with Crippen LogP contribution in [0.15, 0.2) is 9.41 Å². The van der Waals surface area contributed by atoms with Gasteiger partial charge in [0.2, 0.25) is 5.89 Å². The fourth-order valence-electron chi connectivity index (χ4n) is 2.63. The Labute approximate surface area is 139 Å². The van der Waals surface area contributed by atoms with Crippen molar-refractivity contribution in [2.45, 2.75) is 39.5 Å². The average molecular weight is 347 g/mol. The zero-order valence-electron chi connectivity index (χ0n) is 14.4. The molecule has 2 rings (SSSR count). The number of aryl methyl sites for hydroxylation is 2. The van der Waals surface area contributed by atoms with Crippen LogP contribution in [0.4, 0.5) is 13.2 Å². The third-order valence-corrected chi connectivity index (χ3v) is 4.32. The molecule has 0 aliphatic carbocycles. The van der Waals surface area contributed by atoms with Crippen molar-refractivity contribution in [2.75, 3.05) is 33.2 Å². The highest BCUT2D eigenvalue weighted by Crippen LogP contribution is 2.25. The predicted molar refractivity (Wildman–Crippen MR) is 84.8 cm³/mol. The van der Waals surface area contributed by atoms with E-state index in [-0.39, 0.29) is 0 Å². The summed E-state index contributed by atoms with van der Waals surface area (Å²) < 4.78 is 43.9. The van der Waals surface area contributed by atoms with Crippen LogP contribution in [-0.2, 0) is 6.54 Å². The first-order valence-corrected chi connectivity index (χ1v) is 7.91. The monoisotopic (exact) mass is 347 g/mol. The van der Waals surface area contributed by atoms with Gasteiger partial charge in [-0.2, -0.15) is 13.2 Å². The Balaban J connectivity index is 1.87. The average Bonchev–Trinajstić information content (AvgIpc) is 2.85. The summed E-state index contributed by atoms with van der Waals surface area (Å²) in [5.74, 6) is 1.98. The van der Waals surface area contributed by atoms with Crippen LogP contribution in [0.3, 0.4) is 0 Å². The topological polar surface area (TPSA) is 56.9 Å². The SMILES string of the molecule is CN=C(NCc1nc(C)c(C)o1)N1CCN(C(C)C(F)(F)F)CC1. The molecule has 1 aliphatic heterocycles. The molecular weight excluding hydrogens is 323 g/mol. The molecular formula is C15H24F3N5O. The molecule has 1 fully saturated rings. The molecule has 9 heteroatoms. The number of rotatable bonds is 3. The van der Waals surface area contributed by atoms with Crippen LogP contribution in [0.25, 0.3) is 0 Å². The van der Waals surface area contributed by atoms with Gasteiger partial charge in [0.15, 0.2) is 5.96 Å². The summed E-state index contributed by atoms with van der Waals surface area (Å²) >= 11 is 0. The largest absolute Gasteiger partial charge is 0.444 e. The number of oxazole rings is 1. The number of alkyl halides is 3. The maximum Gasteiger partial charge on any atom is 0.403 e. The third kappa shape index (κ3) is 4.40. The standard InChI is InChI=1S/C15H24F3N5O/c1-10-11(2)24-13(21-10)9-20-14(19-4)23-7-5-22(6-8-23)12(3)15(16,17)18/h12H,5-9H2,1-4H3,(H,19,20). The van der Waals surface area contributed by atoms with Crippen LogP contribution in [0.5, 0.6) is 0 Å². The smallest absolute Gasteiger partial charge is 0.403 e. The van der Waals surface area contributed by atoms with Gasteiger partial charge >= 0.3 is 6.18 Å². The number of halogens is 3. The van der Waals surface area contributed by atoms with Crippen LogP contribution >= 0.6 is 0 Å². The normalized spacial score (nSPS) is 18.8. The van der Waals surface area contributed by atoms with Gasteiger partial charge in [0.05, 0.1) is 12.2 Å². The van der Waals surface area contributed by atoms with Gasteiger partial charge in [-0.05, 0) is 20.8 Å². The van der Waals surface area contributed by atoms with Crippen molar-refractivity contribution in [1.29, 1.82) is 0 Å². The first kappa shape index (κ1) is 18.6. The Hall–Kier alpha value is -1.77. The highest BCUT2D eigenvalue weighted by molar-refractivity contribution is 5.79. The van der Waals surface area contributed by atoms with E-state index in [1.807, 2.05) is 18.7 Å². The molecule has 0 amide bonds. The number of hydrogen-bond acceptors (Lipinski definition) is 4. The van der Waals surface area contributed by atoms with E-state index in [0.29, 0.717) is 44.6 Å². The Kier molecular flexibility index (Phi) is 5.74. The molecule has 6 nitrogen and oxygen atoms in total. The molecule has 2 heterocycles. The van der Waals surface area contributed by atoms with E-state index in [1.54, 1.807) is 7.05 Å². The van der Waals surface area contributed by atoms with Crippen molar-refractivity contribution in [1.82, 2.24) is 20.1 Å². The van der Waals surface area contributed by atoms with Crippen LogP contribution in [-0.4, -0.2) is 66.2 Å². The number of nitrogens with zero attached hydrogens (tertiary/aromatic N) is 4. The van der Waals surface area contributed by atoms with E-state index in [2.05, 4.69) is 15.3 Å². The number of aliphatic imine (C=N–C) groups is 1. The molecule has 0 radical (unpaired) electrons. The Morgan fingerprint density at radius 1 is 1.29 bits per heavy atom. The van der Waals surface area contributed by atoms with E-state index in [1.165, 1.54) is 11.8 Å². The zero-order chi connectivity index (χ0) is 17.9. The molecule has 1 atom stereocenters. The lowest BCUT2D eigenvalue weighted by Gasteiger charge is -2.39. The van der Waals surface area contributed by atoms with Gasteiger partial charge in [-0.25, -0.2) is 4.98 Å². The first-order valence-electron chi connectivity index (χ1n) is 7.91. The highest BCUT2D eigenvalue weighted by Gasteiger charge is 2.41. The fraction of sp³-hybridized carbons (Fsp3) is 0.733. The molecule has 1 saturated heterocycles. The number of aromatic nitrogens is 1. The Morgan fingerprint density at radius 2 is 1.92 bits per heavy atom. The van der Waals surface area contributed by atoms with Crippen molar-refractivity contribution < 1.29 is 17.6 Å². The van der Waals surface area contributed by atoms with Crippen LogP contribution in [0.1, 0.15) is 24.3 Å². The summed E-state index contributed by atoms with van der Waals surface area (Å²) in [5.41, 5.74) is 0.844. The van der Waals surface area contributed by atoms with E-state index in [9.17, 15) is 13.2 Å². The highest BCUT2D eigenvalue weighted by atomic mass is 19.4. The minimum absolute atomic E-state index is 0.346. The maximum atomic E-state index is 12.8. The summed E-state index contributed by atoms with van der Waals surface area (Å²) in [7, 11) is 1.65. The number of hydrogen-bond donors (Lipinski definition) is 1. The summed E-state index contributed by atoms with van der Waals surface area (Å²) in [5, 5.41) is 3.15. The molecule has 136 valence electrons. The van der Waals surface area contributed by atoms with E-state index < -0.39 is 12.2 Å². The Morgan fingerprint density at radius 3 is 2.38 bits per heavy atom. The van der Waals surface area contributed by atoms with Crippen molar-refractivity contribution >= 4 is 5.96 Å². The maximum absolute atomic E-state index is 12.8. The molecule has 1 aromatic rings. The van der Waals surface area contributed by atoms with Gasteiger partial charge in [-0.3, -0.25) is 9.89 Å². The molecule has 0 bridgehead atoms. The molecule has 0 spiro atoms. The summed E-state index contributed by atoms with van der Waals surface area (Å²) in [4.78, 5) is 11.9. The van der Waals surface area contributed by atoms with Gasteiger partial charge in [-0.15, -0.1) is 0 Å². The van der Waals surface area contributed by atoms with Crippen LogP contribution in [0.2, 0.25) is 0 Å². The van der Waals surface area contributed by atoms with Crippen LogP contribution in [0, 0.1) is 13.8 Å². The minimum Gasteiger partial charge on any atom is -0.444 e. The quantitative estimate of drug-likeness (QED) is 0.669. The van der Waals surface area contributed by atoms with E-state index in [4.69, 9.17) is 4.42 Å². The van der Waals surface area contributed by atoms with Crippen molar-refractivity contribution in [3.63, 3.8) is 0 Å². The summed E-state index contributed by atoms with van der Waals surface area (Å²) in [6.45, 7) is 6.99. The molecule has 1 aromatic heterocycles. The zero-order valence-corrected chi connectivity index (χ0v) is 14.4. The molecule has 24 heavy (non-hydrogen) atoms. The molecule has 1 unspecified atom stereocenters. The number of piperazine rings is 1. The second kappa shape index (κ2) is 7.42. The molecule has 0 saturated carbocycles. The third-order valence-electron chi connectivity index (χ3n) is 4.32. The second-order valence-corrected chi connectivity index (χ2v) is 5.89. The van der Waals surface area contributed by atoms with Gasteiger partial charge in [0.1, 0.15) is 11.8 Å². The molecule has 0 aromatic carbocycles. The van der Waals surface area contributed by atoms with E-state index in [0.717, 1.165) is 11.5 Å². The van der Waals surface area contributed by atoms with Gasteiger partial charge in [-0.1, -0.05) is 0 Å². The van der Waals surface area contributed by atoms with Gasteiger partial charge < -0.3 is 14.6 Å². The van der Waals surface area contributed by atoms with Gasteiger partial charge in [0, 0.05) is 33.2 Å². The van der Waals surface area contributed by atoms with Crippen molar-refractivity contribution in [3.8, 4) is 0 Å². The first-order chi connectivity index (χ1) is 11.2. The van der Waals surface area contributed by atoms with E-state index >= 15 is 0 Å². The fourth-order valence-corrected chi connectivity index (χ4v) is 2.63. The summed E-state index contributed by atoms with van der Waals surface area (Å²) in [6, 6.07) is -1.42. The lowest BCUT2D eigenvalue weighted by atomic mass is 10.2. The number of nitrogens with one attached hydrogen (secondary N) is 1. The van der Waals surface area contributed by atoms with Crippen LogP contribution < -0.4 is 5.32 Å².